The lowest BCUT2D eigenvalue weighted by atomic mass is 9.93. The molecule has 0 saturated carbocycles. The number of hydrogen-bond donors (Lipinski definition) is 1. The number of nitrogens with zero attached hydrogens (tertiary/aromatic N) is 2. The van der Waals surface area contributed by atoms with Crippen molar-refractivity contribution in [3.63, 3.8) is 0 Å². The largest absolute Gasteiger partial charge is 0.346 e. The molecule has 0 spiro atoms. The third-order valence-electron chi connectivity index (χ3n) is 13.1. The number of fused-ring (bicyclic) bond motifs is 7. The minimum atomic E-state index is 0.385. The summed E-state index contributed by atoms with van der Waals surface area (Å²) in [7, 11) is 0. The lowest BCUT2D eigenvalue weighted by molar-refractivity contribution is 0.626. The van der Waals surface area contributed by atoms with Gasteiger partial charge in [-0.05, 0) is 108 Å². The van der Waals surface area contributed by atoms with Crippen LogP contribution in [0.4, 0.5) is 10.7 Å². The lowest BCUT2D eigenvalue weighted by Gasteiger charge is -2.21. The number of aromatic nitrogens is 2. The Hall–Kier alpha value is -6.62. The zero-order valence-electron chi connectivity index (χ0n) is 37.2. The number of benzene rings is 7. The molecule has 4 heteroatoms. The number of para-hydroxylation sites is 4. The molecule has 11 rings (SSSR count). The summed E-state index contributed by atoms with van der Waals surface area (Å²) in [6.07, 6.45) is 7.98. The van der Waals surface area contributed by atoms with Gasteiger partial charge < -0.3 is 14.5 Å². The Kier molecular flexibility index (Phi) is 10.9. The SMILES string of the molecule is CCC(C)C.CCc1ccccc1-c1c(Nc2ccccc2C)sc2ccc(-c3cc(-n4c5c(c6ccccc64)C=CCC5C)cc(-n4c5ccccc5c5ccccc54)c3)cc12. The molecule has 7 aromatic carbocycles. The standard InChI is InChI=1S/C54H43N3S.C5H12/c1-4-36-18-6-7-19-41(36)52-46-32-37(28-29-51(46)58-54(52)55-47-24-11-5-16-34(47)2)38-30-39(56-48-25-12-8-20-42(48)43-21-9-13-26-49(43)56)33-40(31-38)57-50-27-14-10-22-44(50)45-23-15-17-35(3)53(45)57;1-4-5(2)3/h5-16,18-33,35,55H,4,17H2,1-3H3;5H,4H2,1-3H3. The van der Waals surface area contributed by atoms with E-state index in [1.807, 2.05) is 11.3 Å². The maximum atomic E-state index is 3.89. The average Bonchev–Trinajstić information content (AvgIpc) is 3.97. The molecule has 1 N–H and O–H groups in total. The predicted molar refractivity (Wildman–Crippen MR) is 275 cm³/mol. The van der Waals surface area contributed by atoms with Crippen LogP contribution in [0, 0.1) is 12.8 Å². The summed E-state index contributed by atoms with van der Waals surface area (Å²) in [4.78, 5) is 0. The highest BCUT2D eigenvalue weighted by Gasteiger charge is 2.25. The van der Waals surface area contributed by atoms with E-state index in [1.54, 1.807) is 0 Å². The molecule has 0 aliphatic heterocycles. The van der Waals surface area contributed by atoms with Crippen LogP contribution in [0.2, 0.25) is 0 Å². The van der Waals surface area contributed by atoms with E-state index < -0.39 is 0 Å². The molecule has 1 unspecified atom stereocenters. The zero-order valence-corrected chi connectivity index (χ0v) is 38.1. The molecule has 0 saturated heterocycles. The van der Waals surface area contributed by atoms with Crippen LogP contribution in [0.3, 0.4) is 0 Å². The normalized spacial score (nSPS) is 13.5. The number of aryl methyl sites for hydroxylation is 2. The van der Waals surface area contributed by atoms with Crippen molar-refractivity contribution in [1.29, 1.82) is 0 Å². The number of allylic oxidation sites excluding steroid dienone is 1. The van der Waals surface area contributed by atoms with Crippen LogP contribution < -0.4 is 5.32 Å². The van der Waals surface area contributed by atoms with Gasteiger partial charge in [0.1, 0.15) is 5.00 Å². The molecule has 1 atom stereocenters. The fourth-order valence-electron chi connectivity index (χ4n) is 9.49. The summed E-state index contributed by atoms with van der Waals surface area (Å²) < 4.78 is 6.29. The van der Waals surface area contributed by atoms with E-state index in [-0.39, 0.29) is 0 Å². The summed E-state index contributed by atoms with van der Waals surface area (Å²) in [6, 6.07) is 58.5. The van der Waals surface area contributed by atoms with Gasteiger partial charge in [0.25, 0.3) is 0 Å². The third-order valence-corrected chi connectivity index (χ3v) is 14.2. The maximum absolute atomic E-state index is 3.89. The first-order valence-electron chi connectivity index (χ1n) is 22.7. The van der Waals surface area contributed by atoms with Crippen molar-refractivity contribution >= 4 is 70.9 Å². The lowest BCUT2D eigenvalue weighted by Crippen LogP contribution is -2.08. The fraction of sp³-hybridized carbons (Fsp3) is 0.186. The number of nitrogens with one attached hydrogen (secondary N) is 1. The van der Waals surface area contributed by atoms with Crippen LogP contribution in [-0.4, -0.2) is 9.13 Å². The highest BCUT2D eigenvalue weighted by atomic mass is 32.1. The van der Waals surface area contributed by atoms with Gasteiger partial charge in [0.05, 0.1) is 16.6 Å². The van der Waals surface area contributed by atoms with Gasteiger partial charge in [-0.2, -0.15) is 0 Å². The van der Waals surface area contributed by atoms with Gasteiger partial charge in [-0.15, -0.1) is 11.3 Å². The summed E-state index contributed by atoms with van der Waals surface area (Å²) >= 11 is 1.84. The molecule has 1 aliphatic carbocycles. The average molecular weight is 838 g/mol. The van der Waals surface area contributed by atoms with E-state index in [4.69, 9.17) is 0 Å². The molecule has 3 nitrogen and oxygen atoms in total. The first kappa shape index (κ1) is 40.5. The van der Waals surface area contributed by atoms with Gasteiger partial charge in [0.15, 0.2) is 0 Å². The molecule has 10 aromatic rings. The molecule has 0 fully saturated rings. The zero-order chi connectivity index (χ0) is 43.2. The smallest absolute Gasteiger partial charge is 0.102 e. The van der Waals surface area contributed by atoms with Crippen molar-refractivity contribution in [3.05, 3.63) is 186 Å². The predicted octanol–water partition coefficient (Wildman–Crippen LogP) is 17.5. The molecule has 312 valence electrons. The quantitative estimate of drug-likeness (QED) is 0.162. The Balaban J connectivity index is 0.000000895. The Morgan fingerprint density at radius 2 is 1.24 bits per heavy atom. The molecule has 1 aliphatic rings. The van der Waals surface area contributed by atoms with E-state index in [1.165, 1.54) is 105 Å². The minimum absolute atomic E-state index is 0.385. The number of thiophene rings is 1. The Morgan fingerprint density at radius 3 is 1.92 bits per heavy atom. The number of anilines is 2. The molecule has 63 heavy (non-hydrogen) atoms. The second-order valence-electron chi connectivity index (χ2n) is 17.6. The summed E-state index contributed by atoms with van der Waals surface area (Å²) in [6.45, 7) is 13.5. The molecule has 0 radical (unpaired) electrons. The van der Waals surface area contributed by atoms with Crippen molar-refractivity contribution in [2.75, 3.05) is 5.32 Å². The third kappa shape index (κ3) is 7.26. The molecule has 0 bridgehead atoms. The van der Waals surface area contributed by atoms with Crippen LogP contribution in [0.15, 0.2) is 164 Å². The van der Waals surface area contributed by atoms with Gasteiger partial charge in [-0.25, -0.2) is 0 Å². The maximum Gasteiger partial charge on any atom is 0.102 e. The summed E-state index contributed by atoms with van der Waals surface area (Å²) in [5.74, 6) is 1.27. The van der Waals surface area contributed by atoms with Crippen LogP contribution in [0.25, 0.3) is 82.5 Å². The molecular weight excluding hydrogens is 783 g/mol. The monoisotopic (exact) mass is 837 g/mol. The first-order chi connectivity index (χ1) is 30.8. The van der Waals surface area contributed by atoms with Crippen molar-refractivity contribution < 1.29 is 0 Å². The molecule has 3 heterocycles. The van der Waals surface area contributed by atoms with E-state index in [2.05, 4.69) is 226 Å². The van der Waals surface area contributed by atoms with E-state index in [9.17, 15) is 0 Å². The fourth-order valence-corrected chi connectivity index (χ4v) is 10.6. The molecule has 3 aromatic heterocycles. The minimum Gasteiger partial charge on any atom is -0.346 e. The van der Waals surface area contributed by atoms with Crippen molar-refractivity contribution in [2.24, 2.45) is 5.92 Å². The van der Waals surface area contributed by atoms with Crippen LogP contribution >= 0.6 is 11.3 Å². The topological polar surface area (TPSA) is 21.9 Å². The molecule has 0 amide bonds. The summed E-state index contributed by atoms with van der Waals surface area (Å²) in [5.41, 5.74) is 17.4. The van der Waals surface area contributed by atoms with Crippen molar-refractivity contribution in [2.45, 2.75) is 66.7 Å². The second kappa shape index (κ2) is 16.9. The van der Waals surface area contributed by atoms with Gasteiger partial charge in [0, 0.05) is 66.0 Å². The van der Waals surface area contributed by atoms with Crippen molar-refractivity contribution in [3.8, 4) is 33.6 Å². The van der Waals surface area contributed by atoms with Gasteiger partial charge >= 0.3 is 0 Å². The van der Waals surface area contributed by atoms with E-state index >= 15 is 0 Å². The van der Waals surface area contributed by atoms with Crippen molar-refractivity contribution in [1.82, 2.24) is 9.13 Å². The van der Waals surface area contributed by atoms with E-state index in [0.29, 0.717) is 5.92 Å². The molecular formula is C59H55N3S. The Morgan fingerprint density at radius 1 is 0.635 bits per heavy atom. The van der Waals surface area contributed by atoms with Crippen LogP contribution in [0.5, 0.6) is 0 Å². The van der Waals surface area contributed by atoms with Crippen LogP contribution in [0.1, 0.15) is 75.8 Å². The highest BCUT2D eigenvalue weighted by Crippen LogP contribution is 2.48. The first-order valence-corrected chi connectivity index (χ1v) is 23.6. The van der Waals surface area contributed by atoms with Gasteiger partial charge in [-0.1, -0.05) is 156 Å². The van der Waals surface area contributed by atoms with Gasteiger partial charge in [-0.3, -0.25) is 0 Å². The van der Waals surface area contributed by atoms with Gasteiger partial charge in [0.2, 0.25) is 0 Å². The number of rotatable bonds is 8. The Bertz CT molecular complexity index is 3280. The van der Waals surface area contributed by atoms with Crippen LogP contribution in [-0.2, 0) is 6.42 Å². The van der Waals surface area contributed by atoms with E-state index in [0.717, 1.165) is 30.1 Å². The second-order valence-corrected chi connectivity index (χ2v) is 18.6. The Labute approximate surface area is 376 Å². The summed E-state index contributed by atoms with van der Waals surface area (Å²) in [5, 5.41) is 10.2. The number of hydrogen-bond acceptors (Lipinski definition) is 2. The highest BCUT2D eigenvalue weighted by molar-refractivity contribution is 7.23.